The van der Waals surface area contributed by atoms with Crippen LogP contribution in [-0.4, -0.2) is 35.4 Å². The van der Waals surface area contributed by atoms with Crippen molar-refractivity contribution in [3.63, 3.8) is 0 Å². The van der Waals surface area contributed by atoms with E-state index in [4.69, 9.17) is 4.74 Å². The van der Waals surface area contributed by atoms with Crippen molar-refractivity contribution in [1.82, 2.24) is 10.2 Å². The number of carbonyl (C=O) groups is 3. The molecular weight excluding hydrogens is 370 g/mol. The summed E-state index contributed by atoms with van der Waals surface area (Å²) in [5.74, 6) is 0.0408. The molecule has 152 valence electrons. The SMILES string of the molecule is CCOc1ccccc1NC(=O)CC[C@H]1NC(=O)N([C@H](C)c2ccccc2)C1=O. The van der Waals surface area contributed by atoms with Crippen LogP contribution >= 0.6 is 0 Å². The Labute approximate surface area is 170 Å². The Morgan fingerprint density at radius 1 is 1.14 bits per heavy atom. The fourth-order valence-electron chi connectivity index (χ4n) is 3.33. The first-order chi connectivity index (χ1) is 14.0. The molecule has 1 aliphatic heterocycles. The van der Waals surface area contributed by atoms with Crippen molar-refractivity contribution in [2.45, 2.75) is 38.8 Å². The largest absolute Gasteiger partial charge is 0.492 e. The number of imide groups is 1. The summed E-state index contributed by atoms with van der Waals surface area (Å²) in [6, 6.07) is 15.0. The number of anilines is 1. The molecule has 4 amide bonds. The van der Waals surface area contributed by atoms with Crippen LogP contribution < -0.4 is 15.4 Å². The van der Waals surface area contributed by atoms with Gasteiger partial charge in [0.25, 0.3) is 5.91 Å². The van der Waals surface area contributed by atoms with E-state index in [-0.39, 0.29) is 30.7 Å². The van der Waals surface area contributed by atoms with Gasteiger partial charge in [-0.25, -0.2) is 4.79 Å². The summed E-state index contributed by atoms with van der Waals surface area (Å²) in [4.78, 5) is 38.6. The van der Waals surface area contributed by atoms with E-state index in [1.165, 1.54) is 4.90 Å². The van der Waals surface area contributed by atoms with E-state index in [2.05, 4.69) is 10.6 Å². The smallest absolute Gasteiger partial charge is 0.325 e. The van der Waals surface area contributed by atoms with Gasteiger partial charge in [0, 0.05) is 6.42 Å². The molecule has 2 aromatic rings. The van der Waals surface area contributed by atoms with Crippen molar-refractivity contribution in [1.29, 1.82) is 0 Å². The van der Waals surface area contributed by atoms with Gasteiger partial charge in [-0.15, -0.1) is 0 Å². The van der Waals surface area contributed by atoms with E-state index >= 15 is 0 Å². The van der Waals surface area contributed by atoms with Gasteiger partial charge in [0.15, 0.2) is 0 Å². The topological polar surface area (TPSA) is 87.7 Å². The van der Waals surface area contributed by atoms with E-state index in [0.29, 0.717) is 18.0 Å². The van der Waals surface area contributed by atoms with Gasteiger partial charge in [0.1, 0.15) is 11.8 Å². The molecule has 7 heteroatoms. The molecule has 0 unspecified atom stereocenters. The first-order valence-corrected chi connectivity index (χ1v) is 9.71. The standard InChI is InChI=1S/C22H25N3O4/c1-3-29-19-12-8-7-11-17(19)23-20(26)14-13-18-21(27)25(22(28)24-18)15(2)16-9-5-4-6-10-16/h4-12,15,18H,3,13-14H2,1-2H3,(H,23,26)(H,24,28)/t15-,18-/m1/s1. The molecule has 0 aromatic heterocycles. The van der Waals surface area contributed by atoms with Crippen molar-refractivity contribution < 1.29 is 19.1 Å². The van der Waals surface area contributed by atoms with Gasteiger partial charge >= 0.3 is 6.03 Å². The van der Waals surface area contributed by atoms with Crippen molar-refractivity contribution in [3.05, 3.63) is 60.2 Å². The van der Waals surface area contributed by atoms with E-state index < -0.39 is 12.1 Å². The molecule has 2 aromatic carbocycles. The Morgan fingerprint density at radius 3 is 2.55 bits per heavy atom. The lowest BCUT2D eigenvalue weighted by molar-refractivity contribution is -0.129. The van der Waals surface area contributed by atoms with Crippen molar-refractivity contribution >= 4 is 23.5 Å². The molecule has 1 fully saturated rings. The summed E-state index contributed by atoms with van der Waals surface area (Å²) >= 11 is 0. The zero-order valence-electron chi connectivity index (χ0n) is 16.6. The normalized spacial score (nSPS) is 17.0. The molecule has 7 nitrogen and oxygen atoms in total. The van der Waals surface area contributed by atoms with Gasteiger partial charge in [0.05, 0.1) is 18.3 Å². The molecule has 0 radical (unpaired) electrons. The number of hydrogen-bond acceptors (Lipinski definition) is 4. The summed E-state index contributed by atoms with van der Waals surface area (Å²) in [5, 5.41) is 5.49. The Kier molecular flexibility index (Phi) is 6.49. The number of para-hydroxylation sites is 2. The maximum atomic E-state index is 12.7. The number of rotatable bonds is 8. The second kappa shape index (κ2) is 9.23. The maximum Gasteiger partial charge on any atom is 0.325 e. The Bertz CT molecular complexity index is 885. The second-order valence-electron chi connectivity index (χ2n) is 6.81. The summed E-state index contributed by atoms with van der Waals surface area (Å²) in [6.45, 7) is 4.17. The highest BCUT2D eigenvalue weighted by atomic mass is 16.5. The van der Waals surface area contributed by atoms with E-state index in [1.807, 2.05) is 56.3 Å². The number of ether oxygens (including phenoxy) is 1. The third kappa shape index (κ3) is 4.74. The third-order valence-electron chi connectivity index (χ3n) is 4.84. The predicted octanol–water partition coefficient (Wildman–Crippen LogP) is 3.49. The fraction of sp³-hybridized carbons (Fsp3) is 0.318. The average Bonchev–Trinajstić information content (AvgIpc) is 3.01. The monoisotopic (exact) mass is 395 g/mol. The van der Waals surface area contributed by atoms with Gasteiger partial charge in [-0.05, 0) is 38.0 Å². The van der Waals surface area contributed by atoms with E-state index in [9.17, 15) is 14.4 Å². The molecule has 2 N–H and O–H groups in total. The van der Waals surface area contributed by atoms with Gasteiger partial charge in [-0.1, -0.05) is 42.5 Å². The second-order valence-corrected chi connectivity index (χ2v) is 6.81. The molecule has 3 rings (SSSR count). The first kappa shape index (κ1) is 20.4. The Morgan fingerprint density at radius 2 is 1.83 bits per heavy atom. The molecule has 0 aliphatic carbocycles. The Balaban J connectivity index is 1.58. The van der Waals surface area contributed by atoms with Crippen LogP contribution in [0, 0.1) is 0 Å². The van der Waals surface area contributed by atoms with Gasteiger partial charge in [-0.3, -0.25) is 14.5 Å². The number of hydrogen-bond donors (Lipinski definition) is 2. The average molecular weight is 395 g/mol. The van der Waals surface area contributed by atoms with Crippen LogP contribution in [0.2, 0.25) is 0 Å². The number of amides is 4. The lowest BCUT2D eigenvalue weighted by Crippen LogP contribution is -2.34. The van der Waals surface area contributed by atoms with Crippen molar-refractivity contribution in [2.24, 2.45) is 0 Å². The van der Waals surface area contributed by atoms with Crippen LogP contribution in [0.25, 0.3) is 0 Å². The molecular formula is C22H25N3O4. The zero-order valence-corrected chi connectivity index (χ0v) is 16.6. The maximum absolute atomic E-state index is 12.7. The third-order valence-corrected chi connectivity index (χ3v) is 4.84. The number of urea groups is 1. The van der Waals surface area contributed by atoms with Crippen LogP contribution in [0.5, 0.6) is 5.75 Å². The number of benzene rings is 2. The van der Waals surface area contributed by atoms with E-state index in [0.717, 1.165) is 5.56 Å². The lowest BCUT2D eigenvalue weighted by Gasteiger charge is -2.21. The minimum atomic E-state index is -0.707. The fourth-order valence-corrected chi connectivity index (χ4v) is 3.33. The molecule has 0 bridgehead atoms. The van der Waals surface area contributed by atoms with Crippen LogP contribution in [-0.2, 0) is 9.59 Å². The lowest BCUT2D eigenvalue weighted by atomic mass is 10.1. The summed E-state index contributed by atoms with van der Waals surface area (Å²) < 4.78 is 5.50. The number of nitrogens with one attached hydrogen (secondary N) is 2. The molecule has 0 saturated carbocycles. The highest BCUT2D eigenvalue weighted by Gasteiger charge is 2.40. The van der Waals surface area contributed by atoms with Crippen LogP contribution in [0.1, 0.15) is 38.3 Å². The molecule has 1 heterocycles. The zero-order chi connectivity index (χ0) is 20.8. The van der Waals surface area contributed by atoms with Crippen molar-refractivity contribution in [2.75, 3.05) is 11.9 Å². The number of nitrogens with zero attached hydrogens (tertiary/aromatic N) is 1. The minimum absolute atomic E-state index is 0.102. The molecule has 0 spiro atoms. The molecule has 1 aliphatic rings. The molecule has 2 atom stereocenters. The summed E-state index contributed by atoms with van der Waals surface area (Å²) in [7, 11) is 0. The molecule has 29 heavy (non-hydrogen) atoms. The highest BCUT2D eigenvalue weighted by molar-refractivity contribution is 6.05. The van der Waals surface area contributed by atoms with Gasteiger partial charge in [0.2, 0.25) is 5.91 Å². The summed E-state index contributed by atoms with van der Waals surface area (Å²) in [5.41, 5.74) is 1.46. The summed E-state index contributed by atoms with van der Waals surface area (Å²) in [6.07, 6.45) is 0.329. The molecule has 1 saturated heterocycles. The van der Waals surface area contributed by atoms with Gasteiger partial charge in [-0.2, -0.15) is 0 Å². The van der Waals surface area contributed by atoms with Crippen LogP contribution in [0.3, 0.4) is 0 Å². The van der Waals surface area contributed by atoms with Crippen molar-refractivity contribution in [3.8, 4) is 5.75 Å². The highest BCUT2D eigenvalue weighted by Crippen LogP contribution is 2.26. The van der Waals surface area contributed by atoms with Gasteiger partial charge < -0.3 is 15.4 Å². The minimum Gasteiger partial charge on any atom is -0.492 e. The quantitative estimate of drug-likeness (QED) is 0.670. The number of carbonyl (C=O) groups excluding carboxylic acids is 3. The van der Waals surface area contributed by atoms with Crippen LogP contribution in [0.4, 0.5) is 10.5 Å². The van der Waals surface area contributed by atoms with Crippen LogP contribution in [0.15, 0.2) is 54.6 Å². The Hall–Kier alpha value is -3.35. The van der Waals surface area contributed by atoms with E-state index in [1.54, 1.807) is 12.1 Å². The predicted molar refractivity (Wildman–Crippen MR) is 109 cm³/mol. The first-order valence-electron chi connectivity index (χ1n) is 9.71.